The Kier molecular flexibility index (Phi) is 2.08. The van der Waals surface area contributed by atoms with Gasteiger partial charge in [0.05, 0.1) is 11.2 Å². The number of benzene rings is 1. The third-order valence-electron chi connectivity index (χ3n) is 2.76. The first-order chi connectivity index (χ1) is 8.25. The number of nitrogens with zero attached hydrogens (tertiary/aromatic N) is 2. The molecule has 3 aromatic rings. The fourth-order valence-electron chi connectivity index (χ4n) is 1.87. The second kappa shape index (κ2) is 3.59. The molecule has 0 spiro atoms. The molecule has 0 aliphatic carbocycles. The van der Waals surface area contributed by atoms with Gasteiger partial charge in [-0.25, -0.2) is 4.98 Å². The summed E-state index contributed by atoms with van der Waals surface area (Å²) in [4.78, 5) is 16.2. The SMILES string of the molecule is Cn1[nH]c2ccc(-c3ccccc3)nc2c1=O. The lowest BCUT2D eigenvalue weighted by atomic mass is 10.1. The summed E-state index contributed by atoms with van der Waals surface area (Å²) in [7, 11) is 1.69. The third kappa shape index (κ3) is 1.54. The number of rotatable bonds is 1. The van der Waals surface area contributed by atoms with Crippen molar-refractivity contribution in [1.29, 1.82) is 0 Å². The maximum absolute atomic E-state index is 11.8. The summed E-state index contributed by atoms with van der Waals surface area (Å²) in [6.07, 6.45) is 0. The molecular weight excluding hydrogens is 214 g/mol. The summed E-state index contributed by atoms with van der Waals surface area (Å²) in [5.41, 5.74) is 2.97. The maximum Gasteiger partial charge on any atom is 0.292 e. The summed E-state index contributed by atoms with van der Waals surface area (Å²) in [5.74, 6) is 0. The van der Waals surface area contributed by atoms with Gasteiger partial charge in [-0.15, -0.1) is 0 Å². The van der Waals surface area contributed by atoms with E-state index >= 15 is 0 Å². The standard InChI is InChI=1S/C13H11N3O/c1-16-13(17)12-11(15-16)8-7-10(14-12)9-5-3-2-4-6-9/h2-8,15H,1H3. The molecule has 0 fully saturated rings. The van der Waals surface area contributed by atoms with Crippen LogP contribution in [-0.2, 0) is 7.05 Å². The average molecular weight is 225 g/mol. The fourth-order valence-corrected chi connectivity index (χ4v) is 1.87. The Morgan fingerprint density at radius 2 is 1.88 bits per heavy atom. The van der Waals surface area contributed by atoms with Crippen molar-refractivity contribution in [3.05, 3.63) is 52.8 Å². The molecule has 0 radical (unpaired) electrons. The molecule has 0 unspecified atom stereocenters. The van der Waals surface area contributed by atoms with Crippen LogP contribution in [0.25, 0.3) is 22.3 Å². The topological polar surface area (TPSA) is 50.7 Å². The molecule has 4 nitrogen and oxygen atoms in total. The Morgan fingerprint density at radius 1 is 1.12 bits per heavy atom. The molecule has 3 rings (SSSR count). The van der Waals surface area contributed by atoms with Gasteiger partial charge < -0.3 is 0 Å². The van der Waals surface area contributed by atoms with Crippen LogP contribution in [0.1, 0.15) is 0 Å². The van der Waals surface area contributed by atoms with Crippen LogP contribution < -0.4 is 5.56 Å². The van der Waals surface area contributed by atoms with Crippen LogP contribution in [0.5, 0.6) is 0 Å². The van der Waals surface area contributed by atoms with Crippen LogP contribution in [0.4, 0.5) is 0 Å². The molecule has 2 aromatic heterocycles. The minimum Gasteiger partial charge on any atom is -0.294 e. The van der Waals surface area contributed by atoms with Gasteiger partial charge in [0.15, 0.2) is 5.52 Å². The lowest BCUT2D eigenvalue weighted by Gasteiger charge is -1.99. The van der Waals surface area contributed by atoms with Gasteiger partial charge in [-0.2, -0.15) is 0 Å². The van der Waals surface area contributed by atoms with E-state index < -0.39 is 0 Å². The zero-order valence-corrected chi connectivity index (χ0v) is 9.34. The molecular formula is C13H11N3O. The smallest absolute Gasteiger partial charge is 0.292 e. The Bertz CT molecular complexity index is 725. The molecule has 84 valence electrons. The number of hydrogen-bond donors (Lipinski definition) is 1. The summed E-state index contributed by atoms with van der Waals surface area (Å²) in [6.45, 7) is 0. The van der Waals surface area contributed by atoms with Crippen LogP contribution in [0.15, 0.2) is 47.3 Å². The van der Waals surface area contributed by atoms with E-state index in [2.05, 4.69) is 10.1 Å². The molecule has 0 bridgehead atoms. The lowest BCUT2D eigenvalue weighted by molar-refractivity contribution is 0.750. The highest BCUT2D eigenvalue weighted by molar-refractivity contribution is 5.77. The highest BCUT2D eigenvalue weighted by Crippen LogP contribution is 2.18. The van der Waals surface area contributed by atoms with Gasteiger partial charge in [-0.1, -0.05) is 30.3 Å². The van der Waals surface area contributed by atoms with Gasteiger partial charge in [-0.05, 0) is 12.1 Å². The van der Waals surface area contributed by atoms with E-state index in [1.165, 1.54) is 4.68 Å². The molecule has 4 heteroatoms. The minimum atomic E-state index is -0.0993. The highest BCUT2D eigenvalue weighted by atomic mass is 16.1. The second-order valence-corrected chi connectivity index (χ2v) is 3.93. The molecule has 2 heterocycles. The van der Waals surface area contributed by atoms with Gasteiger partial charge in [0, 0.05) is 12.6 Å². The summed E-state index contributed by atoms with van der Waals surface area (Å²) in [6, 6.07) is 13.6. The van der Waals surface area contributed by atoms with Gasteiger partial charge in [0.1, 0.15) is 0 Å². The van der Waals surface area contributed by atoms with Crippen molar-refractivity contribution >= 4 is 11.0 Å². The second-order valence-electron chi connectivity index (χ2n) is 3.93. The van der Waals surface area contributed by atoms with E-state index in [9.17, 15) is 4.79 Å². The largest absolute Gasteiger partial charge is 0.294 e. The zero-order valence-electron chi connectivity index (χ0n) is 9.34. The quantitative estimate of drug-likeness (QED) is 0.688. The van der Waals surface area contributed by atoms with Crippen molar-refractivity contribution < 1.29 is 0 Å². The van der Waals surface area contributed by atoms with Crippen molar-refractivity contribution in [1.82, 2.24) is 14.8 Å². The minimum absolute atomic E-state index is 0.0993. The summed E-state index contributed by atoms with van der Waals surface area (Å²) in [5, 5.41) is 2.95. The average Bonchev–Trinajstić information content (AvgIpc) is 2.66. The normalized spacial score (nSPS) is 10.9. The molecule has 0 saturated carbocycles. The number of fused-ring (bicyclic) bond motifs is 1. The number of aromatic amines is 1. The fraction of sp³-hybridized carbons (Fsp3) is 0.0769. The van der Waals surface area contributed by atoms with Crippen LogP contribution in [0, 0.1) is 0 Å². The van der Waals surface area contributed by atoms with Crippen LogP contribution in [0.2, 0.25) is 0 Å². The first-order valence-corrected chi connectivity index (χ1v) is 5.37. The molecule has 1 aromatic carbocycles. The molecule has 0 atom stereocenters. The molecule has 0 amide bonds. The Hall–Kier alpha value is -2.36. The van der Waals surface area contributed by atoms with Crippen molar-refractivity contribution in [3.63, 3.8) is 0 Å². The van der Waals surface area contributed by atoms with Crippen molar-refractivity contribution in [2.75, 3.05) is 0 Å². The Morgan fingerprint density at radius 3 is 2.65 bits per heavy atom. The van der Waals surface area contributed by atoms with E-state index in [4.69, 9.17) is 0 Å². The van der Waals surface area contributed by atoms with Crippen molar-refractivity contribution in [3.8, 4) is 11.3 Å². The van der Waals surface area contributed by atoms with Gasteiger partial charge in [-0.3, -0.25) is 14.6 Å². The van der Waals surface area contributed by atoms with Gasteiger partial charge in [0.25, 0.3) is 5.56 Å². The van der Waals surface area contributed by atoms with Crippen molar-refractivity contribution in [2.24, 2.45) is 7.05 Å². The number of aryl methyl sites for hydroxylation is 1. The first kappa shape index (κ1) is 9.84. The van der Waals surface area contributed by atoms with Crippen LogP contribution in [0.3, 0.4) is 0 Å². The highest BCUT2D eigenvalue weighted by Gasteiger charge is 2.07. The predicted molar refractivity (Wildman–Crippen MR) is 66.8 cm³/mol. The molecule has 0 aliphatic rings. The van der Waals surface area contributed by atoms with E-state index in [1.54, 1.807) is 7.05 Å². The van der Waals surface area contributed by atoms with Crippen molar-refractivity contribution in [2.45, 2.75) is 0 Å². The maximum atomic E-state index is 11.8. The predicted octanol–water partition coefficient (Wildman–Crippen LogP) is 1.93. The Labute approximate surface area is 97.5 Å². The number of aromatic nitrogens is 3. The van der Waals surface area contributed by atoms with Crippen LogP contribution >= 0.6 is 0 Å². The van der Waals surface area contributed by atoms with Gasteiger partial charge >= 0.3 is 0 Å². The summed E-state index contributed by atoms with van der Waals surface area (Å²) < 4.78 is 1.44. The first-order valence-electron chi connectivity index (χ1n) is 5.37. The van der Waals surface area contributed by atoms with E-state index in [0.717, 1.165) is 16.8 Å². The van der Waals surface area contributed by atoms with E-state index in [0.29, 0.717) is 5.52 Å². The molecule has 0 aliphatic heterocycles. The number of pyridine rings is 1. The number of hydrogen-bond acceptors (Lipinski definition) is 2. The molecule has 17 heavy (non-hydrogen) atoms. The third-order valence-corrected chi connectivity index (χ3v) is 2.76. The van der Waals surface area contributed by atoms with E-state index in [1.807, 2.05) is 42.5 Å². The molecule has 0 saturated heterocycles. The lowest BCUT2D eigenvalue weighted by Crippen LogP contribution is -2.12. The van der Waals surface area contributed by atoms with Gasteiger partial charge in [0.2, 0.25) is 0 Å². The van der Waals surface area contributed by atoms with E-state index in [-0.39, 0.29) is 5.56 Å². The molecule has 1 N–H and O–H groups in total. The summed E-state index contributed by atoms with van der Waals surface area (Å²) >= 11 is 0. The van der Waals surface area contributed by atoms with Crippen LogP contribution in [-0.4, -0.2) is 14.8 Å². The Balaban J connectivity index is 2.27. The number of H-pyrrole nitrogens is 1. The zero-order chi connectivity index (χ0) is 11.8. The number of nitrogens with one attached hydrogen (secondary N) is 1. The monoisotopic (exact) mass is 225 g/mol.